The molecular formula is C12H13N3OS. The number of benzene rings is 1. The van der Waals surface area contributed by atoms with Gasteiger partial charge >= 0.3 is 0 Å². The number of fused-ring (bicyclic) bond motifs is 1. The molecule has 88 valence electrons. The van der Waals surface area contributed by atoms with Crippen molar-refractivity contribution in [2.75, 3.05) is 0 Å². The van der Waals surface area contributed by atoms with Gasteiger partial charge in [-0.1, -0.05) is 30.0 Å². The van der Waals surface area contributed by atoms with Gasteiger partial charge in [0.1, 0.15) is 10.9 Å². The fraction of sp³-hybridized carbons (Fsp3) is 0.250. The largest absolute Gasteiger partial charge is 0.369 e. The van der Waals surface area contributed by atoms with E-state index in [9.17, 15) is 4.79 Å². The summed E-state index contributed by atoms with van der Waals surface area (Å²) in [5.41, 5.74) is 6.15. The van der Waals surface area contributed by atoms with Crippen LogP contribution in [0.4, 0.5) is 0 Å². The van der Waals surface area contributed by atoms with Crippen molar-refractivity contribution in [1.82, 2.24) is 9.97 Å². The Hall–Kier alpha value is -1.62. The van der Waals surface area contributed by atoms with Crippen molar-refractivity contribution in [1.29, 1.82) is 0 Å². The van der Waals surface area contributed by atoms with E-state index in [1.54, 1.807) is 6.92 Å². The SMILES string of the molecule is Cc1nc(S[C@H](C)C(N)=O)c2ccccc2n1. The van der Waals surface area contributed by atoms with Gasteiger partial charge in [0.15, 0.2) is 0 Å². The van der Waals surface area contributed by atoms with Crippen LogP contribution in [-0.4, -0.2) is 21.1 Å². The van der Waals surface area contributed by atoms with E-state index >= 15 is 0 Å². The maximum absolute atomic E-state index is 11.1. The smallest absolute Gasteiger partial charge is 0.230 e. The molecule has 1 amide bonds. The van der Waals surface area contributed by atoms with Crippen LogP contribution in [0.5, 0.6) is 0 Å². The molecule has 0 aliphatic rings. The van der Waals surface area contributed by atoms with Gasteiger partial charge in [-0.15, -0.1) is 0 Å². The molecule has 1 heterocycles. The van der Waals surface area contributed by atoms with Gasteiger partial charge in [0.05, 0.1) is 10.8 Å². The molecule has 2 N–H and O–H groups in total. The quantitative estimate of drug-likeness (QED) is 0.664. The van der Waals surface area contributed by atoms with Crippen LogP contribution in [0.25, 0.3) is 10.9 Å². The average Bonchev–Trinajstić information content (AvgIpc) is 2.28. The number of nitrogens with zero attached hydrogens (tertiary/aromatic N) is 2. The predicted molar refractivity (Wildman–Crippen MR) is 68.8 cm³/mol. The average molecular weight is 247 g/mol. The molecule has 2 rings (SSSR count). The lowest BCUT2D eigenvalue weighted by atomic mass is 10.2. The number of carbonyl (C=O) groups excluding carboxylic acids is 1. The van der Waals surface area contributed by atoms with Crippen LogP contribution in [0.15, 0.2) is 29.3 Å². The molecule has 2 aromatic rings. The van der Waals surface area contributed by atoms with Crippen molar-refractivity contribution in [2.24, 2.45) is 5.73 Å². The van der Waals surface area contributed by atoms with Gasteiger partial charge in [-0.3, -0.25) is 4.79 Å². The van der Waals surface area contributed by atoms with Crippen LogP contribution in [0.2, 0.25) is 0 Å². The Kier molecular flexibility index (Phi) is 3.28. The van der Waals surface area contributed by atoms with Crippen molar-refractivity contribution in [3.63, 3.8) is 0 Å². The summed E-state index contributed by atoms with van der Waals surface area (Å²) < 4.78 is 0. The third kappa shape index (κ3) is 2.55. The fourth-order valence-electron chi connectivity index (χ4n) is 1.47. The van der Waals surface area contributed by atoms with Crippen LogP contribution < -0.4 is 5.73 Å². The van der Waals surface area contributed by atoms with Gasteiger partial charge in [-0.05, 0) is 19.9 Å². The van der Waals surface area contributed by atoms with Crippen molar-refractivity contribution >= 4 is 28.6 Å². The Labute approximate surface area is 104 Å². The van der Waals surface area contributed by atoms with Crippen LogP contribution in [0.3, 0.4) is 0 Å². The number of para-hydroxylation sites is 1. The predicted octanol–water partition coefficient (Wildman–Crippen LogP) is 1.90. The van der Waals surface area contributed by atoms with Gasteiger partial charge in [0, 0.05) is 5.39 Å². The zero-order valence-electron chi connectivity index (χ0n) is 9.68. The van der Waals surface area contributed by atoms with Crippen molar-refractivity contribution in [3.05, 3.63) is 30.1 Å². The van der Waals surface area contributed by atoms with E-state index in [0.717, 1.165) is 15.9 Å². The molecule has 5 heteroatoms. The summed E-state index contributed by atoms with van der Waals surface area (Å²) >= 11 is 1.37. The molecule has 17 heavy (non-hydrogen) atoms. The first kappa shape index (κ1) is 11.9. The summed E-state index contributed by atoms with van der Waals surface area (Å²) in [7, 11) is 0. The topological polar surface area (TPSA) is 68.9 Å². The molecule has 1 aromatic heterocycles. The minimum Gasteiger partial charge on any atom is -0.369 e. The number of carbonyl (C=O) groups is 1. The normalized spacial score (nSPS) is 12.6. The first-order valence-corrected chi connectivity index (χ1v) is 6.15. The molecule has 0 aliphatic heterocycles. The zero-order valence-corrected chi connectivity index (χ0v) is 10.5. The molecule has 0 bridgehead atoms. The van der Waals surface area contributed by atoms with Crippen molar-refractivity contribution < 1.29 is 4.79 Å². The van der Waals surface area contributed by atoms with Gasteiger partial charge in [0.25, 0.3) is 0 Å². The van der Waals surface area contributed by atoms with Gasteiger partial charge < -0.3 is 5.73 Å². The van der Waals surface area contributed by atoms with Crippen molar-refractivity contribution in [2.45, 2.75) is 24.1 Å². The summed E-state index contributed by atoms with van der Waals surface area (Å²) in [5.74, 6) is 0.359. The summed E-state index contributed by atoms with van der Waals surface area (Å²) in [5, 5.41) is 1.46. The van der Waals surface area contributed by atoms with E-state index in [1.807, 2.05) is 31.2 Å². The Morgan fingerprint density at radius 3 is 2.76 bits per heavy atom. The molecule has 0 aliphatic carbocycles. The van der Waals surface area contributed by atoms with Crippen LogP contribution >= 0.6 is 11.8 Å². The Balaban J connectivity index is 2.49. The lowest BCUT2D eigenvalue weighted by molar-refractivity contribution is -0.117. The number of hydrogen-bond donors (Lipinski definition) is 1. The summed E-state index contributed by atoms with van der Waals surface area (Å²) in [6.07, 6.45) is 0. The molecule has 0 saturated heterocycles. The number of aryl methyl sites for hydroxylation is 1. The van der Waals surface area contributed by atoms with E-state index in [4.69, 9.17) is 5.73 Å². The number of amides is 1. The standard InChI is InChI=1S/C12H13N3OS/c1-7(11(13)16)17-12-9-5-3-4-6-10(9)14-8(2)15-12/h3-7H,1-2H3,(H2,13,16)/t7-/m1/s1. The minimum atomic E-state index is -0.338. The zero-order chi connectivity index (χ0) is 12.4. The number of hydrogen-bond acceptors (Lipinski definition) is 4. The Morgan fingerprint density at radius 2 is 2.06 bits per heavy atom. The summed E-state index contributed by atoms with van der Waals surface area (Å²) in [4.78, 5) is 19.8. The van der Waals surface area contributed by atoms with E-state index < -0.39 is 0 Å². The molecule has 0 unspecified atom stereocenters. The van der Waals surface area contributed by atoms with Crippen LogP contribution in [0, 0.1) is 6.92 Å². The molecule has 0 saturated carbocycles. The maximum atomic E-state index is 11.1. The highest BCUT2D eigenvalue weighted by Gasteiger charge is 2.14. The molecule has 0 spiro atoms. The molecule has 4 nitrogen and oxygen atoms in total. The number of nitrogens with two attached hydrogens (primary N) is 1. The van der Waals surface area contributed by atoms with Gasteiger partial charge in [-0.2, -0.15) is 0 Å². The highest BCUT2D eigenvalue weighted by molar-refractivity contribution is 8.00. The summed E-state index contributed by atoms with van der Waals surface area (Å²) in [6.45, 7) is 3.62. The van der Waals surface area contributed by atoms with E-state index in [2.05, 4.69) is 9.97 Å². The first-order chi connectivity index (χ1) is 8.08. The third-order valence-corrected chi connectivity index (χ3v) is 3.49. The second-order valence-corrected chi connectivity index (χ2v) is 5.09. The Morgan fingerprint density at radius 1 is 1.35 bits per heavy atom. The lowest BCUT2D eigenvalue weighted by Gasteiger charge is -2.09. The maximum Gasteiger partial charge on any atom is 0.230 e. The van der Waals surface area contributed by atoms with Gasteiger partial charge in [-0.25, -0.2) is 9.97 Å². The number of thioether (sulfide) groups is 1. The first-order valence-electron chi connectivity index (χ1n) is 5.27. The monoisotopic (exact) mass is 247 g/mol. The van der Waals surface area contributed by atoms with E-state index in [1.165, 1.54) is 11.8 Å². The molecule has 0 radical (unpaired) electrons. The van der Waals surface area contributed by atoms with Crippen molar-refractivity contribution in [3.8, 4) is 0 Å². The second kappa shape index (κ2) is 4.71. The van der Waals surface area contributed by atoms with Crippen LogP contribution in [0.1, 0.15) is 12.7 Å². The summed E-state index contributed by atoms with van der Waals surface area (Å²) in [6, 6.07) is 7.74. The van der Waals surface area contributed by atoms with E-state index in [0.29, 0.717) is 5.82 Å². The molecule has 1 atom stereocenters. The number of aromatic nitrogens is 2. The second-order valence-electron chi connectivity index (χ2n) is 3.76. The molecular weight excluding hydrogens is 234 g/mol. The highest BCUT2D eigenvalue weighted by atomic mass is 32.2. The fourth-order valence-corrected chi connectivity index (χ4v) is 2.41. The van der Waals surface area contributed by atoms with Gasteiger partial charge in [0.2, 0.25) is 5.91 Å². The van der Waals surface area contributed by atoms with E-state index in [-0.39, 0.29) is 11.2 Å². The number of primary amides is 1. The Bertz CT molecular complexity index is 571. The minimum absolute atomic E-state index is 0.298. The van der Waals surface area contributed by atoms with Crippen LogP contribution in [-0.2, 0) is 4.79 Å². The molecule has 0 fully saturated rings. The molecule has 1 aromatic carbocycles. The lowest BCUT2D eigenvalue weighted by Crippen LogP contribution is -2.22. The number of rotatable bonds is 3. The third-order valence-electron chi connectivity index (χ3n) is 2.37. The highest BCUT2D eigenvalue weighted by Crippen LogP contribution is 2.28.